The molecule has 112 valence electrons. The molecule has 0 fully saturated rings. The molecular weight excluding hydrogens is 336 g/mol. The zero-order chi connectivity index (χ0) is 15.1. The van der Waals surface area contributed by atoms with Crippen LogP contribution in [0.2, 0.25) is 0 Å². The summed E-state index contributed by atoms with van der Waals surface area (Å²) in [6.45, 7) is 0.719. The van der Waals surface area contributed by atoms with Crippen LogP contribution < -0.4 is 14.2 Å². The predicted octanol–water partition coefficient (Wildman–Crippen LogP) is 3.41. The molecule has 0 heterocycles. The molecule has 0 aliphatic carbocycles. The van der Waals surface area contributed by atoms with Gasteiger partial charge in [-0.05, 0) is 30.3 Å². The minimum atomic E-state index is -0.0776. The Morgan fingerprint density at radius 3 is 2.52 bits per heavy atom. The van der Waals surface area contributed by atoms with Gasteiger partial charge in [0.15, 0.2) is 0 Å². The number of halogens is 1. The summed E-state index contributed by atoms with van der Waals surface area (Å²) in [7, 11) is 1.59. The van der Waals surface area contributed by atoms with Crippen molar-refractivity contribution >= 4 is 15.9 Å². The number of rotatable bonds is 7. The lowest BCUT2D eigenvalue weighted by Crippen LogP contribution is -2.10. The van der Waals surface area contributed by atoms with Crippen LogP contribution in [0.25, 0.3) is 0 Å². The standard InChI is InChI=1S/C16H17BrO4/c1-19-14-6-5-12(11-18)16(10-14)21-8-7-20-15-4-2-3-13(17)9-15/h2-6,9-10,18H,7-8,11H2,1H3. The largest absolute Gasteiger partial charge is 0.497 e. The van der Waals surface area contributed by atoms with E-state index in [2.05, 4.69) is 15.9 Å². The van der Waals surface area contributed by atoms with E-state index in [4.69, 9.17) is 14.2 Å². The lowest BCUT2D eigenvalue weighted by atomic mass is 10.2. The molecule has 0 spiro atoms. The second kappa shape index (κ2) is 7.90. The van der Waals surface area contributed by atoms with Crippen LogP contribution in [0.3, 0.4) is 0 Å². The Hall–Kier alpha value is -1.72. The van der Waals surface area contributed by atoms with Gasteiger partial charge in [0.1, 0.15) is 30.5 Å². The molecule has 0 aromatic heterocycles. The first-order valence-electron chi connectivity index (χ1n) is 6.52. The zero-order valence-electron chi connectivity index (χ0n) is 11.7. The second-order valence-electron chi connectivity index (χ2n) is 4.29. The van der Waals surface area contributed by atoms with Crippen molar-refractivity contribution in [3.05, 3.63) is 52.5 Å². The van der Waals surface area contributed by atoms with Gasteiger partial charge >= 0.3 is 0 Å². The Balaban J connectivity index is 1.88. The fraction of sp³-hybridized carbons (Fsp3) is 0.250. The van der Waals surface area contributed by atoms with Crippen molar-refractivity contribution in [3.63, 3.8) is 0 Å². The maximum Gasteiger partial charge on any atom is 0.128 e. The molecule has 5 heteroatoms. The number of methoxy groups -OCH3 is 1. The monoisotopic (exact) mass is 352 g/mol. The van der Waals surface area contributed by atoms with Gasteiger partial charge < -0.3 is 19.3 Å². The number of hydrogen-bond donors (Lipinski definition) is 1. The van der Waals surface area contributed by atoms with Crippen LogP contribution in [0.15, 0.2) is 46.9 Å². The summed E-state index contributed by atoms with van der Waals surface area (Å²) in [6.07, 6.45) is 0. The number of ether oxygens (including phenoxy) is 3. The number of aliphatic hydroxyl groups excluding tert-OH is 1. The molecular formula is C16H17BrO4. The first-order valence-corrected chi connectivity index (χ1v) is 7.31. The smallest absolute Gasteiger partial charge is 0.128 e. The van der Waals surface area contributed by atoms with Crippen LogP contribution in [0.4, 0.5) is 0 Å². The predicted molar refractivity (Wildman–Crippen MR) is 84.0 cm³/mol. The van der Waals surface area contributed by atoms with Gasteiger partial charge in [-0.1, -0.05) is 22.0 Å². The highest BCUT2D eigenvalue weighted by atomic mass is 79.9. The van der Waals surface area contributed by atoms with Gasteiger partial charge in [-0.2, -0.15) is 0 Å². The van der Waals surface area contributed by atoms with Crippen molar-refractivity contribution in [1.29, 1.82) is 0 Å². The molecule has 0 amide bonds. The normalized spacial score (nSPS) is 10.2. The van der Waals surface area contributed by atoms with E-state index in [0.29, 0.717) is 24.7 Å². The van der Waals surface area contributed by atoms with Gasteiger partial charge in [0.05, 0.1) is 13.7 Å². The summed E-state index contributed by atoms with van der Waals surface area (Å²) in [4.78, 5) is 0. The van der Waals surface area contributed by atoms with Crippen molar-refractivity contribution < 1.29 is 19.3 Å². The first kappa shape index (κ1) is 15.7. The molecule has 2 rings (SSSR count). The van der Waals surface area contributed by atoms with Crippen LogP contribution in [0.5, 0.6) is 17.2 Å². The highest BCUT2D eigenvalue weighted by molar-refractivity contribution is 9.10. The van der Waals surface area contributed by atoms with Crippen LogP contribution in [-0.4, -0.2) is 25.4 Å². The number of benzene rings is 2. The van der Waals surface area contributed by atoms with Crippen molar-refractivity contribution in [2.24, 2.45) is 0 Å². The van der Waals surface area contributed by atoms with Crippen molar-refractivity contribution in [3.8, 4) is 17.2 Å². The Morgan fingerprint density at radius 2 is 1.81 bits per heavy atom. The summed E-state index contributed by atoms with van der Waals surface area (Å²) >= 11 is 3.39. The van der Waals surface area contributed by atoms with E-state index >= 15 is 0 Å². The first-order chi connectivity index (χ1) is 10.2. The SMILES string of the molecule is COc1ccc(CO)c(OCCOc2cccc(Br)c2)c1. The van der Waals surface area contributed by atoms with Crippen LogP contribution in [0.1, 0.15) is 5.56 Å². The molecule has 0 saturated heterocycles. The van der Waals surface area contributed by atoms with Gasteiger partial charge in [0, 0.05) is 16.1 Å². The van der Waals surface area contributed by atoms with Gasteiger partial charge in [-0.3, -0.25) is 0 Å². The molecule has 0 atom stereocenters. The van der Waals surface area contributed by atoms with E-state index in [1.165, 1.54) is 0 Å². The van der Waals surface area contributed by atoms with E-state index in [9.17, 15) is 5.11 Å². The van der Waals surface area contributed by atoms with E-state index < -0.39 is 0 Å². The molecule has 0 bridgehead atoms. The molecule has 0 radical (unpaired) electrons. The average Bonchev–Trinajstić information content (AvgIpc) is 2.51. The third kappa shape index (κ3) is 4.65. The lowest BCUT2D eigenvalue weighted by molar-refractivity contribution is 0.209. The number of hydrogen-bond acceptors (Lipinski definition) is 4. The molecule has 1 N–H and O–H groups in total. The van der Waals surface area contributed by atoms with E-state index in [-0.39, 0.29) is 6.61 Å². The topological polar surface area (TPSA) is 47.9 Å². The maximum atomic E-state index is 9.29. The molecule has 4 nitrogen and oxygen atoms in total. The summed E-state index contributed by atoms with van der Waals surface area (Å²) in [5, 5.41) is 9.29. The lowest BCUT2D eigenvalue weighted by Gasteiger charge is -2.12. The summed E-state index contributed by atoms with van der Waals surface area (Å²) in [5.74, 6) is 2.07. The molecule has 0 saturated carbocycles. The van der Waals surface area contributed by atoms with Crippen LogP contribution in [-0.2, 0) is 6.61 Å². The highest BCUT2D eigenvalue weighted by Gasteiger charge is 2.05. The summed E-state index contributed by atoms with van der Waals surface area (Å²) in [5.41, 5.74) is 0.721. The van der Waals surface area contributed by atoms with Gasteiger partial charge in [-0.25, -0.2) is 0 Å². The average molecular weight is 353 g/mol. The Labute approximate surface area is 132 Å². The van der Waals surface area contributed by atoms with Gasteiger partial charge in [-0.15, -0.1) is 0 Å². The minimum Gasteiger partial charge on any atom is -0.497 e. The van der Waals surface area contributed by atoms with Gasteiger partial charge in [0.2, 0.25) is 0 Å². The fourth-order valence-corrected chi connectivity index (χ4v) is 2.17. The quantitative estimate of drug-likeness (QED) is 0.775. The highest BCUT2D eigenvalue weighted by Crippen LogP contribution is 2.25. The fourth-order valence-electron chi connectivity index (χ4n) is 1.79. The molecule has 2 aromatic rings. The molecule has 0 aliphatic heterocycles. The molecule has 0 unspecified atom stereocenters. The maximum absolute atomic E-state index is 9.29. The molecule has 2 aromatic carbocycles. The Kier molecular flexibility index (Phi) is 5.90. The minimum absolute atomic E-state index is 0.0776. The van der Waals surface area contributed by atoms with Crippen molar-refractivity contribution in [2.45, 2.75) is 6.61 Å². The van der Waals surface area contributed by atoms with Crippen molar-refractivity contribution in [1.82, 2.24) is 0 Å². The Bertz CT molecular complexity index is 586. The van der Waals surface area contributed by atoms with E-state index in [1.807, 2.05) is 24.3 Å². The molecule has 21 heavy (non-hydrogen) atoms. The van der Waals surface area contributed by atoms with E-state index in [1.54, 1.807) is 25.3 Å². The molecule has 0 aliphatic rings. The third-order valence-corrected chi connectivity index (χ3v) is 3.34. The third-order valence-electron chi connectivity index (χ3n) is 2.85. The number of aliphatic hydroxyl groups is 1. The zero-order valence-corrected chi connectivity index (χ0v) is 13.3. The summed E-state index contributed by atoms with van der Waals surface area (Å²) < 4.78 is 17.3. The van der Waals surface area contributed by atoms with Crippen LogP contribution in [0, 0.1) is 0 Å². The van der Waals surface area contributed by atoms with Gasteiger partial charge in [0.25, 0.3) is 0 Å². The van der Waals surface area contributed by atoms with E-state index in [0.717, 1.165) is 15.8 Å². The summed E-state index contributed by atoms with van der Waals surface area (Å²) in [6, 6.07) is 12.9. The van der Waals surface area contributed by atoms with Crippen molar-refractivity contribution in [2.75, 3.05) is 20.3 Å². The second-order valence-corrected chi connectivity index (χ2v) is 5.20. The Morgan fingerprint density at radius 1 is 1.00 bits per heavy atom. The van der Waals surface area contributed by atoms with Crippen LogP contribution >= 0.6 is 15.9 Å².